The summed E-state index contributed by atoms with van der Waals surface area (Å²) in [5.74, 6) is 0. The maximum absolute atomic E-state index is 5.94. The number of likely N-dealkylation sites (N-methyl/N-ethyl adjacent to an activating group) is 1. The standard InChI is InChI=1S/C14H28N2O/c1-4-14(2)10-12(7-9-17-14)16(3)13-6-5-8-15-11-13/h12-13,15H,4-11H2,1-3H3. The van der Waals surface area contributed by atoms with E-state index in [1.54, 1.807) is 0 Å². The number of ether oxygens (including phenoxy) is 1. The summed E-state index contributed by atoms with van der Waals surface area (Å²) in [4.78, 5) is 2.61. The first-order valence-electron chi connectivity index (χ1n) is 7.21. The number of nitrogens with one attached hydrogen (secondary N) is 1. The summed E-state index contributed by atoms with van der Waals surface area (Å²) in [6, 6.07) is 1.44. The molecule has 3 atom stereocenters. The molecule has 3 heteroatoms. The number of rotatable bonds is 3. The van der Waals surface area contributed by atoms with Gasteiger partial charge < -0.3 is 10.1 Å². The Hall–Kier alpha value is -0.120. The Balaban J connectivity index is 1.91. The summed E-state index contributed by atoms with van der Waals surface area (Å²) in [7, 11) is 2.31. The maximum Gasteiger partial charge on any atom is 0.0666 e. The van der Waals surface area contributed by atoms with Crippen LogP contribution < -0.4 is 5.32 Å². The van der Waals surface area contributed by atoms with Gasteiger partial charge >= 0.3 is 0 Å². The zero-order valence-electron chi connectivity index (χ0n) is 11.7. The van der Waals surface area contributed by atoms with Crippen molar-refractivity contribution in [3.8, 4) is 0 Å². The van der Waals surface area contributed by atoms with Crippen LogP contribution >= 0.6 is 0 Å². The molecule has 0 amide bonds. The normalized spacial score (nSPS) is 39.5. The molecule has 3 unspecified atom stereocenters. The smallest absolute Gasteiger partial charge is 0.0666 e. The second-order valence-electron chi connectivity index (χ2n) is 5.96. The van der Waals surface area contributed by atoms with Gasteiger partial charge in [0.25, 0.3) is 0 Å². The second kappa shape index (κ2) is 5.68. The SMILES string of the molecule is CCC1(C)CC(N(C)C2CCCNC2)CCO1. The minimum atomic E-state index is 0.110. The molecule has 0 aromatic rings. The average molecular weight is 240 g/mol. The van der Waals surface area contributed by atoms with E-state index in [4.69, 9.17) is 4.74 Å². The lowest BCUT2D eigenvalue weighted by atomic mass is 9.88. The summed E-state index contributed by atoms with van der Waals surface area (Å²) >= 11 is 0. The van der Waals surface area contributed by atoms with Gasteiger partial charge in [0.15, 0.2) is 0 Å². The molecular formula is C14H28N2O. The van der Waals surface area contributed by atoms with E-state index in [-0.39, 0.29) is 5.60 Å². The van der Waals surface area contributed by atoms with Crippen LogP contribution in [-0.4, -0.2) is 49.3 Å². The van der Waals surface area contributed by atoms with Crippen LogP contribution in [0.4, 0.5) is 0 Å². The first-order valence-corrected chi connectivity index (χ1v) is 7.21. The molecule has 2 rings (SSSR count). The maximum atomic E-state index is 5.94. The average Bonchev–Trinajstić information content (AvgIpc) is 2.39. The second-order valence-corrected chi connectivity index (χ2v) is 5.96. The number of nitrogens with zero attached hydrogens (tertiary/aromatic N) is 1. The first-order chi connectivity index (χ1) is 8.14. The molecule has 0 aliphatic carbocycles. The Morgan fingerprint density at radius 2 is 2.18 bits per heavy atom. The molecule has 0 saturated carbocycles. The molecule has 0 aromatic heterocycles. The molecule has 0 aromatic carbocycles. The highest BCUT2D eigenvalue weighted by Crippen LogP contribution is 2.31. The van der Waals surface area contributed by atoms with Crippen LogP contribution in [-0.2, 0) is 4.74 Å². The van der Waals surface area contributed by atoms with E-state index in [1.165, 1.54) is 32.2 Å². The topological polar surface area (TPSA) is 24.5 Å². The van der Waals surface area contributed by atoms with Crippen molar-refractivity contribution in [2.24, 2.45) is 0 Å². The van der Waals surface area contributed by atoms with E-state index in [0.717, 1.165) is 25.6 Å². The van der Waals surface area contributed by atoms with Crippen molar-refractivity contribution in [2.75, 3.05) is 26.7 Å². The van der Waals surface area contributed by atoms with Gasteiger partial charge in [0, 0.05) is 25.2 Å². The third-order valence-corrected chi connectivity index (χ3v) is 4.74. The Labute approximate surface area is 106 Å². The van der Waals surface area contributed by atoms with Gasteiger partial charge in [0.1, 0.15) is 0 Å². The number of piperidine rings is 1. The van der Waals surface area contributed by atoms with Crippen LogP contribution in [0.5, 0.6) is 0 Å². The van der Waals surface area contributed by atoms with Crippen molar-refractivity contribution in [2.45, 2.75) is 63.6 Å². The lowest BCUT2D eigenvalue weighted by molar-refractivity contribution is -0.0988. The van der Waals surface area contributed by atoms with Crippen LogP contribution in [0.2, 0.25) is 0 Å². The molecule has 2 heterocycles. The lowest BCUT2D eigenvalue weighted by Crippen LogP contribution is -2.53. The Kier molecular flexibility index (Phi) is 4.45. The zero-order valence-corrected chi connectivity index (χ0v) is 11.7. The molecule has 3 nitrogen and oxygen atoms in total. The molecule has 1 N–H and O–H groups in total. The summed E-state index contributed by atoms with van der Waals surface area (Å²) in [5.41, 5.74) is 0.110. The van der Waals surface area contributed by atoms with Crippen LogP contribution in [0.25, 0.3) is 0 Å². The first kappa shape index (κ1) is 13.3. The zero-order chi connectivity index (χ0) is 12.3. The highest BCUT2D eigenvalue weighted by molar-refractivity contribution is 4.89. The van der Waals surface area contributed by atoms with E-state index in [0.29, 0.717) is 6.04 Å². The molecule has 2 saturated heterocycles. The quantitative estimate of drug-likeness (QED) is 0.817. The van der Waals surface area contributed by atoms with Gasteiger partial charge in [0.05, 0.1) is 5.60 Å². The summed E-state index contributed by atoms with van der Waals surface area (Å²) in [6.45, 7) is 7.80. The predicted octanol–water partition coefficient (Wildman–Crippen LogP) is 2.02. The minimum Gasteiger partial charge on any atom is -0.375 e. The number of hydrogen-bond donors (Lipinski definition) is 1. The van der Waals surface area contributed by atoms with Gasteiger partial charge in [-0.25, -0.2) is 0 Å². The Morgan fingerprint density at radius 1 is 1.35 bits per heavy atom. The van der Waals surface area contributed by atoms with E-state index < -0.39 is 0 Å². The van der Waals surface area contributed by atoms with Crippen molar-refractivity contribution in [3.05, 3.63) is 0 Å². The van der Waals surface area contributed by atoms with Crippen LogP contribution in [0, 0.1) is 0 Å². The monoisotopic (exact) mass is 240 g/mol. The molecule has 0 bridgehead atoms. The molecular weight excluding hydrogens is 212 g/mol. The van der Waals surface area contributed by atoms with E-state index in [1.807, 2.05) is 0 Å². The fourth-order valence-corrected chi connectivity index (χ4v) is 3.17. The van der Waals surface area contributed by atoms with Crippen molar-refractivity contribution in [1.29, 1.82) is 0 Å². The van der Waals surface area contributed by atoms with Crippen LogP contribution in [0.15, 0.2) is 0 Å². The van der Waals surface area contributed by atoms with Gasteiger partial charge in [-0.3, -0.25) is 4.90 Å². The molecule has 2 aliphatic heterocycles. The fourth-order valence-electron chi connectivity index (χ4n) is 3.17. The van der Waals surface area contributed by atoms with E-state index in [2.05, 4.69) is 31.1 Å². The third-order valence-electron chi connectivity index (χ3n) is 4.74. The van der Waals surface area contributed by atoms with Crippen molar-refractivity contribution >= 4 is 0 Å². The molecule has 0 radical (unpaired) electrons. The summed E-state index contributed by atoms with van der Waals surface area (Å²) in [5, 5.41) is 3.52. The predicted molar refractivity (Wildman–Crippen MR) is 71.3 cm³/mol. The highest BCUT2D eigenvalue weighted by Gasteiger charge is 2.35. The summed E-state index contributed by atoms with van der Waals surface area (Å²) in [6.07, 6.45) is 6.19. The van der Waals surface area contributed by atoms with Gasteiger partial charge in [-0.05, 0) is 52.6 Å². The lowest BCUT2D eigenvalue weighted by Gasteiger charge is -2.44. The van der Waals surface area contributed by atoms with Gasteiger partial charge in [-0.1, -0.05) is 6.92 Å². The van der Waals surface area contributed by atoms with Crippen molar-refractivity contribution < 1.29 is 4.74 Å². The van der Waals surface area contributed by atoms with Crippen LogP contribution in [0.1, 0.15) is 46.0 Å². The molecule has 2 fully saturated rings. The van der Waals surface area contributed by atoms with Crippen LogP contribution in [0.3, 0.4) is 0 Å². The summed E-state index contributed by atoms with van der Waals surface area (Å²) < 4.78 is 5.94. The molecule has 100 valence electrons. The van der Waals surface area contributed by atoms with Crippen molar-refractivity contribution in [1.82, 2.24) is 10.2 Å². The largest absolute Gasteiger partial charge is 0.375 e. The fraction of sp³-hybridized carbons (Fsp3) is 1.00. The van der Waals surface area contributed by atoms with Crippen molar-refractivity contribution in [3.63, 3.8) is 0 Å². The van der Waals surface area contributed by atoms with E-state index in [9.17, 15) is 0 Å². The van der Waals surface area contributed by atoms with E-state index >= 15 is 0 Å². The highest BCUT2D eigenvalue weighted by atomic mass is 16.5. The van der Waals surface area contributed by atoms with Gasteiger partial charge in [-0.15, -0.1) is 0 Å². The number of hydrogen-bond acceptors (Lipinski definition) is 3. The third kappa shape index (κ3) is 3.21. The minimum absolute atomic E-state index is 0.110. The molecule has 0 spiro atoms. The Bertz CT molecular complexity index is 240. The molecule has 2 aliphatic rings. The molecule has 17 heavy (non-hydrogen) atoms. The van der Waals surface area contributed by atoms with Gasteiger partial charge in [0.2, 0.25) is 0 Å². The Morgan fingerprint density at radius 3 is 2.82 bits per heavy atom. The van der Waals surface area contributed by atoms with Gasteiger partial charge in [-0.2, -0.15) is 0 Å².